The molecule has 2 N–H and O–H groups in total. The lowest BCUT2D eigenvalue weighted by Crippen LogP contribution is -2.30. The van der Waals surface area contributed by atoms with Crippen LogP contribution in [-0.4, -0.2) is 30.3 Å². The van der Waals surface area contributed by atoms with Crippen LogP contribution in [0.5, 0.6) is 0 Å². The summed E-state index contributed by atoms with van der Waals surface area (Å²) in [5, 5.41) is 10.9. The predicted molar refractivity (Wildman–Crippen MR) is 112 cm³/mol. The molecule has 0 radical (unpaired) electrons. The van der Waals surface area contributed by atoms with Gasteiger partial charge in [-0.2, -0.15) is 0 Å². The number of rotatable bonds is 4. The van der Waals surface area contributed by atoms with Crippen LogP contribution >= 0.6 is 31.9 Å². The van der Waals surface area contributed by atoms with Crippen molar-refractivity contribution in [2.24, 2.45) is 0 Å². The van der Waals surface area contributed by atoms with Gasteiger partial charge in [0, 0.05) is 48.9 Å². The smallest absolute Gasteiger partial charge is 0.407 e. The minimum Gasteiger partial charge on any atom is -0.480 e. The molecule has 0 saturated carbocycles. The Labute approximate surface area is 178 Å². The molecule has 0 aliphatic heterocycles. The van der Waals surface area contributed by atoms with Crippen molar-refractivity contribution in [3.8, 4) is 32.6 Å². The van der Waals surface area contributed by atoms with E-state index in [1.165, 1.54) is 0 Å². The maximum atomic E-state index is 11.8. The van der Waals surface area contributed by atoms with Gasteiger partial charge in [0.25, 0.3) is 0 Å². The van der Waals surface area contributed by atoms with Gasteiger partial charge in [-0.05, 0) is 56.2 Å². The van der Waals surface area contributed by atoms with Gasteiger partial charge in [-0.15, -0.1) is 0 Å². The lowest BCUT2D eigenvalue weighted by molar-refractivity contribution is -0.135. The van der Waals surface area contributed by atoms with E-state index in [0.29, 0.717) is 0 Å². The number of benzene rings is 2. The van der Waals surface area contributed by atoms with Crippen LogP contribution in [0.3, 0.4) is 0 Å². The molecule has 0 aromatic heterocycles. The summed E-state index contributed by atoms with van der Waals surface area (Å²) in [6, 6.07) is 11.8. The van der Waals surface area contributed by atoms with Crippen molar-refractivity contribution in [3.63, 3.8) is 0 Å². The Kier molecular flexibility index (Phi) is 6.41. The zero-order valence-corrected chi connectivity index (χ0v) is 17.6. The standard InChI is InChI=1S/C21H13Br2NO4/c22-7-5-13-1-3-15-16-4-2-14(6-8-23)10-18(16)19(17(15)9-13)12-28-21(27)24-11-20(25)26/h1-4,9-10,19H,11-12H2,(H,24,27)(H,25,26). The molecule has 0 heterocycles. The third kappa shape index (κ3) is 4.39. The Morgan fingerprint density at radius 2 is 1.54 bits per heavy atom. The van der Waals surface area contributed by atoms with E-state index in [2.05, 4.69) is 58.7 Å². The molecule has 1 amide bonds. The number of amides is 1. The maximum Gasteiger partial charge on any atom is 0.407 e. The van der Waals surface area contributed by atoms with Crippen LogP contribution in [0.4, 0.5) is 4.79 Å². The SMILES string of the molecule is O=C(O)CNC(=O)OCC1c2cc(C#CBr)ccc2-c2ccc(C#CBr)cc21. The monoisotopic (exact) mass is 501 g/mol. The molecule has 5 nitrogen and oxygen atoms in total. The average molecular weight is 503 g/mol. The van der Waals surface area contributed by atoms with Gasteiger partial charge in [0.05, 0.1) is 0 Å². The highest BCUT2D eigenvalue weighted by atomic mass is 79.9. The minimum absolute atomic E-state index is 0.0713. The van der Waals surface area contributed by atoms with E-state index >= 15 is 0 Å². The number of hydrogen-bond acceptors (Lipinski definition) is 3. The molecule has 28 heavy (non-hydrogen) atoms. The summed E-state index contributed by atoms with van der Waals surface area (Å²) in [6.07, 6.45) is -0.773. The van der Waals surface area contributed by atoms with Crippen molar-refractivity contribution < 1.29 is 19.4 Å². The van der Waals surface area contributed by atoms with E-state index < -0.39 is 18.6 Å². The fourth-order valence-corrected chi connectivity index (χ4v) is 3.62. The zero-order chi connectivity index (χ0) is 20.1. The predicted octanol–water partition coefficient (Wildman–Crippen LogP) is 4.02. The highest BCUT2D eigenvalue weighted by Crippen LogP contribution is 2.45. The second kappa shape index (κ2) is 8.97. The number of alkyl carbamates (subject to hydrolysis) is 1. The first-order valence-corrected chi connectivity index (χ1v) is 9.76. The van der Waals surface area contributed by atoms with E-state index in [-0.39, 0.29) is 12.5 Å². The number of hydrogen-bond donors (Lipinski definition) is 2. The second-order valence-corrected chi connectivity index (χ2v) is 6.73. The van der Waals surface area contributed by atoms with E-state index in [0.717, 1.165) is 33.4 Å². The van der Waals surface area contributed by atoms with E-state index in [9.17, 15) is 9.59 Å². The number of carboxylic acids is 1. The van der Waals surface area contributed by atoms with Gasteiger partial charge in [-0.3, -0.25) is 4.79 Å². The largest absolute Gasteiger partial charge is 0.480 e. The normalized spacial score (nSPS) is 11.2. The molecule has 2 aromatic rings. The molecular weight excluding hydrogens is 490 g/mol. The summed E-state index contributed by atoms with van der Waals surface area (Å²) in [7, 11) is 0. The Morgan fingerprint density at radius 3 is 2.00 bits per heavy atom. The van der Waals surface area contributed by atoms with Crippen LogP contribution in [0.2, 0.25) is 0 Å². The van der Waals surface area contributed by atoms with Crippen LogP contribution in [0.25, 0.3) is 11.1 Å². The number of halogens is 2. The maximum absolute atomic E-state index is 11.8. The summed E-state index contributed by atoms with van der Waals surface area (Å²) in [5.74, 6) is 4.60. The van der Waals surface area contributed by atoms with E-state index in [1.54, 1.807) is 0 Å². The molecule has 0 spiro atoms. The number of nitrogens with one attached hydrogen (secondary N) is 1. The van der Waals surface area contributed by atoms with E-state index in [1.807, 2.05) is 36.4 Å². The second-order valence-electron chi connectivity index (χ2n) is 5.94. The number of carbonyl (C=O) groups excluding carboxylic acids is 1. The molecule has 7 heteroatoms. The average Bonchev–Trinajstić information content (AvgIpc) is 2.97. The first-order valence-electron chi connectivity index (χ1n) is 8.17. The fraction of sp³-hybridized carbons (Fsp3) is 0.143. The molecule has 1 aliphatic carbocycles. The van der Waals surface area contributed by atoms with Crippen LogP contribution in [0.15, 0.2) is 36.4 Å². The van der Waals surface area contributed by atoms with Crippen molar-refractivity contribution in [3.05, 3.63) is 58.7 Å². The van der Waals surface area contributed by atoms with Gasteiger partial charge in [0.1, 0.15) is 13.2 Å². The van der Waals surface area contributed by atoms with Crippen molar-refractivity contribution in [2.75, 3.05) is 13.2 Å². The first-order chi connectivity index (χ1) is 13.5. The Balaban J connectivity index is 1.94. The van der Waals surface area contributed by atoms with Gasteiger partial charge in [-0.1, -0.05) is 24.0 Å². The Bertz CT molecular complexity index is 1000. The van der Waals surface area contributed by atoms with Gasteiger partial charge < -0.3 is 15.2 Å². The lowest BCUT2D eigenvalue weighted by Gasteiger charge is -2.15. The minimum atomic E-state index is -1.13. The Hall–Kier alpha value is -2.74. The third-order valence-corrected chi connectivity index (χ3v) is 4.69. The van der Waals surface area contributed by atoms with Gasteiger partial charge in [0.2, 0.25) is 0 Å². The highest BCUT2D eigenvalue weighted by molar-refractivity contribution is 9.12. The molecule has 0 bridgehead atoms. The summed E-state index contributed by atoms with van der Waals surface area (Å²) < 4.78 is 5.29. The van der Waals surface area contributed by atoms with Crippen LogP contribution in [0, 0.1) is 21.5 Å². The molecule has 2 aromatic carbocycles. The first kappa shape index (κ1) is 20.0. The molecule has 3 rings (SSSR count). The zero-order valence-electron chi connectivity index (χ0n) is 14.4. The number of carboxylic acid groups (broad SMARTS) is 1. The molecule has 0 saturated heterocycles. The van der Waals surface area contributed by atoms with Crippen molar-refractivity contribution in [1.82, 2.24) is 5.32 Å². The summed E-state index contributed by atoms with van der Waals surface area (Å²) in [4.78, 5) is 27.8. The Morgan fingerprint density at radius 1 is 1.00 bits per heavy atom. The van der Waals surface area contributed by atoms with Crippen molar-refractivity contribution in [1.29, 1.82) is 0 Å². The summed E-state index contributed by atoms with van der Waals surface area (Å²) in [5.41, 5.74) is 5.77. The van der Waals surface area contributed by atoms with Crippen LogP contribution in [0.1, 0.15) is 28.2 Å². The highest BCUT2D eigenvalue weighted by Gasteiger charge is 2.30. The van der Waals surface area contributed by atoms with E-state index in [4.69, 9.17) is 9.84 Å². The van der Waals surface area contributed by atoms with Gasteiger partial charge in [-0.25, -0.2) is 4.79 Å². The van der Waals surface area contributed by atoms with Crippen molar-refractivity contribution >= 4 is 43.9 Å². The summed E-state index contributed by atoms with van der Waals surface area (Å²) >= 11 is 6.22. The van der Waals surface area contributed by atoms with Crippen LogP contribution < -0.4 is 5.32 Å². The molecular formula is C21H13Br2NO4. The quantitative estimate of drug-likeness (QED) is 0.619. The molecule has 0 atom stereocenters. The number of carbonyl (C=O) groups is 2. The van der Waals surface area contributed by atoms with Gasteiger partial charge >= 0.3 is 12.1 Å². The molecule has 140 valence electrons. The number of aliphatic carboxylic acids is 1. The third-order valence-electron chi connectivity index (χ3n) is 4.29. The molecule has 1 aliphatic rings. The number of ether oxygens (including phenoxy) is 1. The number of fused-ring (bicyclic) bond motifs is 3. The molecule has 0 unspecified atom stereocenters. The lowest BCUT2D eigenvalue weighted by atomic mass is 9.96. The van der Waals surface area contributed by atoms with Gasteiger partial charge in [0.15, 0.2) is 0 Å². The van der Waals surface area contributed by atoms with Crippen LogP contribution in [-0.2, 0) is 9.53 Å². The summed E-state index contributed by atoms with van der Waals surface area (Å²) in [6.45, 7) is -0.422. The fourth-order valence-electron chi connectivity index (χ4n) is 3.16. The van der Waals surface area contributed by atoms with Crippen molar-refractivity contribution in [2.45, 2.75) is 5.92 Å². The molecule has 0 fully saturated rings. The topological polar surface area (TPSA) is 75.6 Å².